The highest BCUT2D eigenvalue weighted by Gasteiger charge is 2.29. The molecule has 1 aromatic carbocycles. The monoisotopic (exact) mass is 491 g/mol. The summed E-state index contributed by atoms with van der Waals surface area (Å²) in [4.78, 5) is 12.8. The molecule has 33 heavy (non-hydrogen) atoms. The Labute approximate surface area is 196 Å². The van der Waals surface area contributed by atoms with E-state index >= 15 is 0 Å². The lowest BCUT2D eigenvalue weighted by atomic mass is 10.1. The number of aromatic nitrogens is 3. The van der Waals surface area contributed by atoms with E-state index in [-0.39, 0.29) is 34.8 Å². The van der Waals surface area contributed by atoms with Crippen molar-refractivity contribution in [2.45, 2.75) is 44.9 Å². The molecule has 3 heterocycles. The van der Waals surface area contributed by atoms with Crippen LogP contribution in [0.15, 0.2) is 40.0 Å². The second-order valence-corrected chi connectivity index (χ2v) is 11.6. The molecule has 0 N–H and O–H groups in total. The summed E-state index contributed by atoms with van der Waals surface area (Å²) in [5.74, 6) is 0.681. The average molecular weight is 492 g/mol. The van der Waals surface area contributed by atoms with Gasteiger partial charge in [-0.05, 0) is 56.4 Å². The van der Waals surface area contributed by atoms with Crippen LogP contribution in [-0.2, 0) is 29.2 Å². The van der Waals surface area contributed by atoms with Crippen molar-refractivity contribution in [1.82, 2.24) is 14.8 Å². The standard InChI is InChI=1S/C23H26FN3O4S2/c1-15-11-20(16(2)27(15)9-7-17-3-5-19(24)6-4-17)21(28)13-32-23-26-25-22(31-23)12-18-8-10-33(29,30)14-18/h3-6,11,18H,7-10,12-14H2,1-2H3. The molecule has 0 saturated carbocycles. The third-order valence-electron chi connectivity index (χ3n) is 5.98. The third-order valence-corrected chi connectivity index (χ3v) is 8.63. The highest BCUT2D eigenvalue weighted by Crippen LogP contribution is 2.25. The van der Waals surface area contributed by atoms with Crippen molar-refractivity contribution < 1.29 is 22.0 Å². The minimum absolute atomic E-state index is 0.00947. The second kappa shape index (κ2) is 9.80. The first-order valence-corrected chi connectivity index (χ1v) is 13.6. The number of sulfone groups is 1. The fourth-order valence-electron chi connectivity index (χ4n) is 4.18. The maximum atomic E-state index is 13.1. The molecule has 1 unspecified atom stereocenters. The normalized spacial score (nSPS) is 17.5. The van der Waals surface area contributed by atoms with Crippen LogP contribution in [0, 0.1) is 25.6 Å². The van der Waals surface area contributed by atoms with E-state index in [4.69, 9.17) is 4.42 Å². The molecule has 0 radical (unpaired) electrons. The van der Waals surface area contributed by atoms with Crippen molar-refractivity contribution in [1.29, 1.82) is 0 Å². The molecular weight excluding hydrogens is 465 g/mol. The zero-order chi connectivity index (χ0) is 23.6. The number of ketones is 1. The SMILES string of the molecule is Cc1cc(C(=O)CSc2nnc(CC3CCS(=O)(=O)C3)o2)c(C)n1CCc1ccc(F)cc1. The maximum absolute atomic E-state index is 13.1. The van der Waals surface area contributed by atoms with Gasteiger partial charge in [-0.2, -0.15) is 0 Å². The molecule has 1 aliphatic heterocycles. The summed E-state index contributed by atoms with van der Waals surface area (Å²) in [6.45, 7) is 4.60. The molecule has 0 aliphatic carbocycles. The zero-order valence-electron chi connectivity index (χ0n) is 18.6. The lowest BCUT2D eigenvalue weighted by Gasteiger charge is -2.10. The highest BCUT2D eigenvalue weighted by molar-refractivity contribution is 7.99. The Kier molecular flexibility index (Phi) is 7.04. The number of hydrogen-bond donors (Lipinski definition) is 0. The second-order valence-electron chi connectivity index (χ2n) is 8.46. The van der Waals surface area contributed by atoms with Crippen molar-refractivity contribution in [2.75, 3.05) is 17.3 Å². The van der Waals surface area contributed by atoms with Crippen LogP contribution in [0.4, 0.5) is 4.39 Å². The van der Waals surface area contributed by atoms with Gasteiger partial charge in [0.15, 0.2) is 15.6 Å². The van der Waals surface area contributed by atoms with Crippen LogP contribution in [0.5, 0.6) is 0 Å². The van der Waals surface area contributed by atoms with Crippen LogP contribution in [0.2, 0.25) is 0 Å². The van der Waals surface area contributed by atoms with Crippen molar-refractivity contribution >= 4 is 27.4 Å². The van der Waals surface area contributed by atoms with Crippen LogP contribution in [0.1, 0.15) is 39.6 Å². The lowest BCUT2D eigenvalue weighted by molar-refractivity contribution is 0.102. The number of nitrogens with zero attached hydrogens (tertiary/aromatic N) is 3. The highest BCUT2D eigenvalue weighted by atomic mass is 32.2. The predicted molar refractivity (Wildman–Crippen MR) is 124 cm³/mol. The van der Waals surface area contributed by atoms with E-state index in [1.54, 1.807) is 12.1 Å². The molecule has 1 atom stereocenters. The molecule has 2 aromatic heterocycles. The largest absolute Gasteiger partial charge is 0.416 e. The Hall–Kier alpha value is -2.46. The van der Waals surface area contributed by atoms with Crippen molar-refractivity contribution in [3.8, 4) is 0 Å². The van der Waals surface area contributed by atoms with Gasteiger partial charge in [-0.3, -0.25) is 4.79 Å². The number of Topliss-reactive ketones (excluding diaryl/α,β-unsaturated/α-hetero) is 1. The van der Waals surface area contributed by atoms with Gasteiger partial charge in [0.25, 0.3) is 5.22 Å². The van der Waals surface area contributed by atoms with Gasteiger partial charge < -0.3 is 8.98 Å². The average Bonchev–Trinajstić information content (AvgIpc) is 3.44. The molecule has 1 aliphatic rings. The summed E-state index contributed by atoms with van der Waals surface area (Å²) in [6, 6.07) is 8.35. The summed E-state index contributed by atoms with van der Waals surface area (Å²) in [5, 5.41) is 8.30. The van der Waals surface area contributed by atoms with Gasteiger partial charge in [-0.25, -0.2) is 12.8 Å². The first-order valence-electron chi connectivity index (χ1n) is 10.8. The predicted octanol–water partition coefficient (Wildman–Crippen LogP) is 3.82. The van der Waals surface area contributed by atoms with Crippen LogP contribution >= 0.6 is 11.8 Å². The Morgan fingerprint density at radius 3 is 2.70 bits per heavy atom. The molecule has 1 fully saturated rings. The fourth-order valence-corrected chi connectivity index (χ4v) is 6.71. The lowest BCUT2D eigenvalue weighted by Crippen LogP contribution is -2.08. The molecule has 0 spiro atoms. The number of thioether (sulfide) groups is 1. The summed E-state index contributed by atoms with van der Waals surface area (Å²) in [7, 11) is -2.95. The van der Waals surface area contributed by atoms with Gasteiger partial charge in [0.2, 0.25) is 5.89 Å². The van der Waals surface area contributed by atoms with Crippen LogP contribution in [-0.4, -0.2) is 46.2 Å². The van der Waals surface area contributed by atoms with Gasteiger partial charge in [0.05, 0.1) is 17.3 Å². The minimum Gasteiger partial charge on any atom is -0.416 e. The number of carbonyl (C=O) groups excluding carboxylic acids is 1. The van der Waals surface area contributed by atoms with Crippen molar-refractivity contribution in [3.63, 3.8) is 0 Å². The Bertz CT molecular complexity index is 1250. The number of carbonyl (C=O) groups is 1. The van der Waals surface area contributed by atoms with Crippen LogP contribution in [0.3, 0.4) is 0 Å². The van der Waals surface area contributed by atoms with Gasteiger partial charge >= 0.3 is 0 Å². The first-order chi connectivity index (χ1) is 15.7. The molecule has 0 bridgehead atoms. The molecule has 1 saturated heterocycles. The topological polar surface area (TPSA) is 95.1 Å². The van der Waals surface area contributed by atoms with E-state index in [9.17, 15) is 17.6 Å². The molecule has 0 amide bonds. The first kappa shape index (κ1) is 23.7. The molecule has 176 valence electrons. The quantitative estimate of drug-likeness (QED) is 0.332. The van der Waals surface area contributed by atoms with Crippen LogP contribution < -0.4 is 0 Å². The molecule has 3 aromatic rings. The number of aryl methyl sites for hydroxylation is 2. The summed E-state index contributed by atoms with van der Waals surface area (Å²) in [5.41, 5.74) is 3.59. The Balaban J connectivity index is 1.33. The van der Waals surface area contributed by atoms with Gasteiger partial charge in [0, 0.05) is 29.9 Å². The van der Waals surface area contributed by atoms with Gasteiger partial charge in [-0.1, -0.05) is 23.9 Å². The van der Waals surface area contributed by atoms with Crippen molar-refractivity contribution in [3.05, 3.63) is 64.6 Å². The number of hydrogen-bond acceptors (Lipinski definition) is 7. The molecule has 10 heteroatoms. The third kappa shape index (κ3) is 5.92. The van der Waals surface area contributed by atoms with E-state index in [1.165, 1.54) is 23.9 Å². The summed E-state index contributed by atoms with van der Waals surface area (Å²) < 4.78 is 44.0. The maximum Gasteiger partial charge on any atom is 0.277 e. The zero-order valence-corrected chi connectivity index (χ0v) is 20.2. The summed E-state index contributed by atoms with van der Waals surface area (Å²) >= 11 is 1.18. The smallest absolute Gasteiger partial charge is 0.277 e. The summed E-state index contributed by atoms with van der Waals surface area (Å²) in [6.07, 6.45) is 1.80. The van der Waals surface area contributed by atoms with E-state index in [0.29, 0.717) is 36.1 Å². The molecular formula is C23H26FN3O4S2. The van der Waals surface area contributed by atoms with E-state index in [1.807, 2.05) is 19.9 Å². The van der Waals surface area contributed by atoms with E-state index < -0.39 is 9.84 Å². The number of halogens is 1. The Morgan fingerprint density at radius 2 is 2.00 bits per heavy atom. The molecule has 7 nitrogen and oxygen atoms in total. The van der Waals surface area contributed by atoms with Crippen LogP contribution in [0.25, 0.3) is 0 Å². The van der Waals surface area contributed by atoms with Gasteiger partial charge in [0.1, 0.15) is 5.82 Å². The fraction of sp³-hybridized carbons (Fsp3) is 0.435. The molecule has 4 rings (SSSR count). The van der Waals surface area contributed by atoms with Crippen molar-refractivity contribution in [2.24, 2.45) is 5.92 Å². The number of benzene rings is 1. The minimum atomic E-state index is -2.95. The number of rotatable bonds is 9. The van der Waals surface area contributed by atoms with E-state index in [2.05, 4.69) is 14.8 Å². The van der Waals surface area contributed by atoms with E-state index in [0.717, 1.165) is 23.4 Å². The van der Waals surface area contributed by atoms with Gasteiger partial charge in [-0.15, -0.1) is 10.2 Å². The Morgan fingerprint density at radius 1 is 1.24 bits per heavy atom.